The third kappa shape index (κ3) is 3.45. The minimum Gasteiger partial charge on any atom is -0.486 e. The van der Waals surface area contributed by atoms with E-state index in [1.807, 2.05) is 0 Å². The van der Waals surface area contributed by atoms with Gasteiger partial charge in [-0.05, 0) is 30.3 Å². The van der Waals surface area contributed by atoms with Crippen molar-refractivity contribution in [2.24, 2.45) is 0 Å². The molecule has 2 heterocycles. The molecule has 0 saturated heterocycles. The summed E-state index contributed by atoms with van der Waals surface area (Å²) in [6.07, 6.45) is 0. The molecule has 0 bridgehead atoms. The van der Waals surface area contributed by atoms with Crippen LogP contribution in [0.15, 0.2) is 40.8 Å². The Labute approximate surface area is 162 Å². The molecule has 11 heteroatoms. The Morgan fingerprint density at radius 1 is 1.11 bits per heavy atom. The van der Waals surface area contributed by atoms with Gasteiger partial charge in [0.25, 0.3) is 11.6 Å². The lowest BCUT2D eigenvalue weighted by atomic mass is 10.1. The highest BCUT2D eigenvalue weighted by Gasteiger charge is 2.23. The first-order valence-corrected chi connectivity index (χ1v) is 8.38. The van der Waals surface area contributed by atoms with Gasteiger partial charge in [-0.1, -0.05) is 16.7 Å². The average Bonchev–Trinajstić information content (AvgIpc) is 3.15. The van der Waals surface area contributed by atoms with Gasteiger partial charge in [-0.3, -0.25) is 20.2 Å². The molecule has 1 aliphatic rings. The van der Waals surface area contributed by atoms with Gasteiger partial charge in [0.2, 0.25) is 5.89 Å². The van der Waals surface area contributed by atoms with E-state index in [9.17, 15) is 14.9 Å². The van der Waals surface area contributed by atoms with Crippen LogP contribution in [0.5, 0.6) is 11.5 Å². The van der Waals surface area contributed by atoms with E-state index >= 15 is 0 Å². The molecule has 1 amide bonds. The molecule has 0 saturated carbocycles. The zero-order valence-electron chi connectivity index (χ0n) is 14.0. The van der Waals surface area contributed by atoms with E-state index in [4.69, 9.17) is 25.5 Å². The lowest BCUT2D eigenvalue weighted by molar-refractivity contribution is -0.385. The van der Waals surface area contributed by atoms with E-state index in [-0.39, 0.29) is 22.5 Å². The number of carbonyl (C=O) groups excluding carboxylic acids is 1. The minimum absolute atomic E-state index is 0.132. The maximum Gasteiger partial charge on any atom is 0.322 e. The van der Waals surface area contributed by atoms with Gasteiger partial charge in [0.1, 0.15) is 18.8 Å². The fraction of sp³-hybridized carbons (Fsp3) is 0.118. The summed E-state index contributed by atoms with van der Waals surface area (Å²) >= 11 is 5.83. The van der Waals surface area contributed by atoms with Crippen molar-refractivity contribution in [3.05, 3.63) is 57.1 Å². The zero-order chi connectivity index (χ0) is 19.7. The second-order valence-electron chi connectivity index (χ2n) is 5.64. The normalized spacial score (nSPS) is 12.5. The van der Waals surface area contributed by atoms with Gasteiger partial charge in [-0.15, -0.1) is 5.10 Å². The van der Waals surface area contributed by atoms with Crippen molar-refractivity contribution in [2.45, 2.75) is 0 Å². The molecule has 0 unspecified atom stereocenters. The van der Waals surface area contributed by atoms with Crippen LogP contribution in [0.2, 0.25) is 5.02 Å². The van der Waals surface area contributed by atoms with E-state index < -0.39 is 16.5 Å². The van der Waals surface area contributed by atoms with Crippen molar-refractivity contribution in [1.29, 1.82) is 0 Å². The maximum absolute atomic E-state index is 12.4. The van der Waals surface area contributed by atoms with Crippen LogP contribution in [-0.2, 0) is 0 Å². The third-order valence-electron chi connectivity index (χ3n) is 3.83. The number of nitrogens with zero attached hydrogens (tertiary/aromatic N) is 3. The molecule has 0 aliphatic carbocycles. The molecule has 0 radical (unpaired) electrons. The zero-order valence-corrected chi connectivity index (χ0v) is 14.8. The second kappa shape index (κ2) is 7.16. The molecule has 28 heavy (non-hydrogen) atoms. The molecule has 142 valence electrons. The number of aromatic nitrogens is 2. The standard InChI is InChI=1S/C17H11ClN4O6/c18-10-2-3-12(22(24)25)11(8-10)15(23)19-17-21-20-16(28-17)9-1-4-13-14(7-9)27-6-5-26-13/h1-4,7-8H,5-6H2,(H,19,21,23). The quantitative estimate of drug-likeness (QED) is 0.519. The first-order chi connectivity index (χ1) is 13.5. The topological polar surface area (TPSA) is 130 Å². The molecule has 2 aromatic carbocycles. The van der Waals surface area contributed by atoms with Gasteiger partial charge in [0.05, 0.1) is 4.92 Å². The lowest BCUT2D eigenvalue weighted by Gasteiger charge is -2.18. The lowest BCUT2D eigenvalue weighted by Crippen LogP contribution is -2.15. The predicted octanol–water partition coefficient (Wildman–Crippen LogP) is 3.32. The van der Waals surface area contributed by atoms with Crippen molar-refractivity contribution in [3.8, 4) is 23.0 Å². The van der Waals surface area contributed by atoms with Crippen molar-refractivity contribution in [3.63, 3.8) is 0 Å². The van der Waals surface area contributed by atoms with E-state index in [1.54, 1.807) is 18.2 Å². The molecular formula is C17H11ClN4O6. The van der Waals surface area contributed by atoms with Gasteiger partial charge < -0.3 is 13.9 Å². The summed E-state index contributed by atoms with van der Waals surface area (Å²) in [4.78, 5) is 22.8. The van der Waals surface area contributed by atoms with Gasteiger partial charge in [-0.2, -0.15) is 0 Å². The van der Waals surface area contributed by atoms with E-state index in [1.165, 1.54) is 12.1 Å². The van der Waals surface area contributed by atoms with Crippen LogP contribution in [0.1, 0.15) is 10.4 Å². The number of benzene rings is 2. The summed E-state index contributed by atoms with van der Waals surface area (Å²) in [5, 5.41) is 21.2. The number of nitro groups is 1. The number of nitro benzene ring substituents is 1. The Kier molecular flexibility index (Phi) is 4.53. The summed E-state index contributed by atoms with van der Waals surface area (Å²) in [5.41, 5.74) is -0.0592. The van der Waals surface area contributed by atoms with Gasteiger partial charge in [0, 0.05) is 16.7 Å². The highest BCUT2D eigenvalue weighted by Crippen LogP contribution is 2.34. The number of rotatable bonds is 4. The van der Waals surface area contributed by atoms with Gasteiger partial charge >= 0.3 is 6.01 Å². The molecule has 3 aromatic rings. The highest BCUT2D eigenvalue weighted by molar-refractivity contribution is 6.31. The predicted molar refractivity (Wildman–Crippen MR) is 96.8 cm³/mol. The van der Waals surface area contributed by atoms with Gasteiger partial charge in [-0.25, -0.2) is 0 Å². The smallest absolute Gasteiger partial charge is 0.322 e. The number of hydrogen-bond donors (Lipinski definition) is 1. The fourth-order valence-electron chi connectivity index (χ4n) is 2.58. The molecule has 0 fully saturated rings. The second-order valence-corrected chi connectivity index (χ2v) is 6.08. The maximum atomic E-state index is 12.4. The number of hydrogen-bond acceptors (Lipinski definition) is 8. The van der Waals surface area contributed by atoms with Crippen LogP contribution in [-0.4, -0.2) is 34.2 Å². The van der Waals surface area contributed by atoms with Crippen molar-refractivity contribution < 1.29 is 23.6 Å². The third-order valence-corrected chi connectivity index (χ3v) is 4.07. The molecule has 1 N–H and O–H groups in total. The average molecular weight is 403 g/mol. The number of fused-ring (bicyclic) bond motifs is 1. The van der Waals surface area contributed by atoms with E-state index in [0.717, 1.165) is 6.07 Å². The van der Waals surface area contributed by atoms with Crippen LogP contribution in [0.25, 0.3) is 11.5 Å². The Hall–Kier alpha value is -3.66. The largest absolute Gasteiger partial charge is 0.486 e. The molecule has 0 spiro atoms. The molecule has 4 rings (SSSR count). The van der Waals surface area contributed by atoms with Crippen LogP contribution in [0.4, 0.5) is 11.7 Å². The Morgan fingerprint density at radius 3 is 2.68 bits per heavy atom. The molecule has 1 aromatic heterocycles. The minimum atomic E-state index is -0.799. The first-order valence-electron chi connectivity index (χ1n) is 8.00. The summed E-state index contributed by atoms with van der Waals surface area (Å²) in [7, 11) is 0. The van der Waals surface area contributed by atoms with Crippen molar-refractivity contribution in [2.75, 3.05) is 18.5 Å². The number of amides is 1. The van der Waals surface area contributed by atoms with Crippen LogP contribution >= 0.6 is 11.6 Å². The Morgan fingerprint density at radius 2 is 1.89 bits per heavy atom. The Balaban J connectivity index is 1.57. The van der Waals surface area contributed by atoms with Crippen molar-refractivity contribution >= 4 is 29.2 Å². The van der Waals surface area contributed by atoms with Crippen molar-refractivity contribution in [1.82, 2.24) is 10.2 Å². The highest BCUT2D eigenvalue weighted by atomic mass is 35.5. The summed E-state index contributed by atoms with van der Waals surface area (Å²) < 4.78 is 16.4. The fourth-order valence-corrected chi connectivity index (χ4v) is 2.75. The van der Waals surface area contributed by atoms with Gasteiger partial charge in [0.15, 0.2) is 11.5 Å². The number of nitrogens with one attached hydrogen (secondary N) is 1. The van der Waals surface area contributed by atoms with E-state index in [0.29, 0.717) is 30.3 Å². The van der Waals surface area contributed by atoms with E-state index in [2.05, 4.69) is 15.5 Å². The number of halogens is 1. The SMILES string of the molecule is O=C(Nc1nnc(-c2ccc3c(c2)OCCO3)o1)c1cc(Cl)ccc1[N+](=O)[O-]. The molecule has 0 atom stereocenters. The monoisotopic (exact) mass is 402 g/mol. The number of carbonyl (C=O) groups is 1. The summed E-state index contributed by atoms with van der Waals surface area (Å²) in [6.45, 7) is 0.902. The summed E-state index contributed by atoms with van der Waals surface area (Å²) in [6, 6.07) is 8.53. The summed E-state index contributed by atoms with van der Waals surface area (Å²) in [5.74, 6) is 0.484. The first kappa shape index (κ1) is 17.7. The van der Waals surface area contributed by atoms with Crippen LogP contribution in [0, 0.1) is 10.1 Å². The molecule has 10 nitrogen and oxygen atoms in total. The number of ether oxygens (including phenoxy) is 2. The Bertz CT molecular complexity index is 1080. The van der Waals surface area contributed by atoms with Crippen LogP contribution < -0.4 is 14.8 Å². The number of anilines is 1. The molecule has 1 aliphatic heterocycles. The van der Waals surface area contributed by atoms with Crippen LogP contribution in [0.3, 0.4) is 0 Å². The molecular weight excluding hydrogens is 392 g/mol.